The van der Waals surface area contributed by atoms with Crippen LogP contribution in [0.4, 0.5) is 35.9 Å². The third-order valence-corrected chi connectivity index (χ3v) is 6.42. The molecule has 0 unspecified atom stereocenters. The van der Waals surface area contributed by atoms with Crippen molar-refractivity contribution >= 4 is 56.2 Å². The van der Waals surface area contributed by atoms with E-state index in [-0.39, 0.29) is 16.3 Å². The predicted octanol–water partition coefficient (Wildman–Crippen LogP) is 7.37. The normalized spacial score (nSPS) is 13.4. The molecule has 0 aromatic heterocycles. The number of nitro groups is 1. The topological polar surface area (TPSA) is 75.5 Å². The Labute approximate surface area is 205 Å². The number of hydrogen-bond donors (Lipinski definition) is 1. The Morgan fingerprint density at radius 3 is 2.50 bits per heavy atom. The van der Waals surface area contributed by atoms with Crippen LogP contribution in [-0.2, 0) is 12.6 Å². The van der Waals surface area contributed by atoms with Crippen molar-refractivity contribution in [1.29, 1.82) is 0 Å². The second kappa shape index (κ2) is 9.27. The van der Waals surface area contributed by atoms with Crippen LogP contribution in [0.2, 0.25) is 5.02 Å². The van der Waals surface area contributed by atoms with Gasteiger partial charge in [0.2, 0.25) is 0 Å². The zero-order chi connectivity index (χ0) is 24.6. The molecule has 0 radical (unpaired) electrons. The van der Waals surface area contributed by atoms with E-state index in [0.717, 1.165) is 29.8 Å². The molecule has 1 aliphatic rings. The molecule has 1 amide bonds. The number of anilines is 3. The molecule has 3 aromatic carbocycles. The lowest BCUT2D eigenvalue weighted by Gasteiger charge is -2.32. The van der Waals surface area contributed by atoms with Gasteiger partial charge in [-0.05, 0) is 76.8 Å². The smallest absolute Gasteiger partial charge is 0.340 e. The van der Waals surface area contributed by atoms with E-state index in [4.69, 9.17) is 11.6 Å². The number of benzene rings is 3. The van der Waals surface area contributed by atoms with Crippen LogP contribution in [0.5, 0.6) is 0 Å². The Bertz CT molecular complexity index is 1300. The van der Waals surface area contributed by atoms with Crippen molar-refractivity contribution in [2.45, 2.75) is 19.0 Å². The Morgan fingerprint density at radius 1 is 1.09 bits per heavy atom. The molecule has 11 heteroatoms. The van der Waals surface area contributed by atoms with Gasteiger partial charge in [-0.1, -0.05) is 11.6 Å². The Balaban J connectivity index is 1.60. The third kappa shape index (κ3) is 4.88. The van der Waals surface area contributed by atoms with E-state index in [1.807, 2.05) is 4.90 Å². The second-order valence-electron chi connectivity index (χ2n) is 7.64. The molecule has 0 saturated carbocycles. The number of amides is 1. The first-order valence-electron chi connectivity index (χ1n) is 10.1. The van der Waals surface area contributed by atoms with E-state index < -0.39 is 22.6 Å². The van der Waals surface area contributed by atoms with Gasteiger partial charge in [-0.25, -0.2) is 0 Å². The van der Waals surface area contributed by atoms with Gasteiger partial charge in [-0.15, -0.1) is 0 Å². The highest BCUT2D eigenvalue weighted by Crippen LogP contribution is 2.41. The summed E-state index contributed by atoms with van der Waals surface area (Å²) in [5, 5.41) is 13.8. The molecule has 4 rings (SSSR count). The average molecular weight is 555 g/mol. The molecule has 0 bridgehead atoms. The van der Waals surface area contributed by atoms with Gasteiger partial charge in [0.25, 0.3) is 11.6 Å². The molecule has 3 aromatic rings. The van der Waals surface area contributed by atoms with Gasteiger partial charge in [-0.3, -0.25) is 14.9 Å². The first-order chi connectivity index (χ1) is 16.0. The number of nitrogens with zero attached hydrogens (tertiary/aromatic N) is 2. The maximum Gasteiger partial charge on any atom is 0.416 e. The van der Waals surface area contributed by atoms with Gasteiger partial charge < -0.3 is 10.2 Å². The fourth-order valence-electron chi connectivity index (χ4n) is 3.83. The zero-order valence-corrected chi connectivity index (χ0v) is 19.7. The van der Waals surface area contributed by atoms with E-state index in [0.29, 0.717) is 28.8 Å². The Kier molecular flexibility index (Phi) is 6.55. The number of carbonyl (C=O) groups is 1. The molecule has 6 nitrogen and oxygen atoms in total. The van der Waals surface area contributed by atoms with Crippen molar-refractivity contribution in [1.82, 2.24) is 0 Å². The minimum atomic E-state index is -4.48. The maximum atomic E-state index is 13.0. The molecule has 1 heterocycles. The number of aryl methyl sites for hydroxylation is 1. The SMILES string of the molecule is O=C(Nc1ccc2c(c1)CCCN2c1ccc(C(F)(F)F)cc1Cl)c1cc([N+](=O)[O-])ccc1Br. The molecule has 1 N–H and O–H groups in total. The monoisotopic (exact) mass is 553 g/mol. The van der Waals surface area contributed by atoms with E-state index in [1.165, 1.54) is 24.3 Å². The maximum absolute atomic E-state index is 13.0. The Hall–Kier alpha value is -3.11. The van der Waals surface area contributed by atoms with Crippen molar-refractivity contribution in [2.24, 2.45) is 0 Å². The highest BCUT2D eigenvalue weighted by Gasteiger charge is 2.32. The summed E-state index contributed by atoms with van der Waals surface area (Å²) in [6.45, 7) is 0.574. The molecular weight excluding hydrogens is 539 g/mol. The summed E-state index contributed by atoms with van der Waals surface area (Å²) in [5.74, 6) is -0.519. The number of carbonyl (C=O) groups excluding carboxylic acids is 1. The van der Waals surface area contributed by atoms with E-state index >= 15 is 0 Å². The van der Waals surface area contributed by atoms with Gasteiger partial charge in [0.1, 0.15) is 0 Å². The van der Waals surface area contributed by atoms with Crippen LogP contribution >= 0.6 is 27.5 Å². The van der Waals surface area contributed by atoms with E-state index in [9.17, 15) is 28.1 Å². The lowest BCUT2D eigenvalue weighted by atomic mass is 9.99. The van der Waals surface area contributed by atoms with Crippen molar-refractivity contribution in [2.75, 3.05) is 16.8 Å². The fraction of sp³-hybridized carbons (Fsp3) is 0.174. The van der Waals surface area contributed by atoms with Gasteiger partial charge in [0.15, 0.2) is 0 Å². The number of nitro benzene ring substituents is 1. The van der Waals surface area contributed by atoms with Crippen molar-refractivity contribution < 1.29 is 22.9 Å². The van der Waals surface area contributed by atoms with Crippen LogP contribution in [0, 0.1) is 10.1 Å². The number of rotatable bonds is 4. The second-order valence-corrected chi connectivity index (χ2v) is 8.90. The predicted molar refractivity (Wildman–Crippen MR) is 127 cm³/mol. The molecule has 0 aliphatic carbocycles. The van der Waals surface area contributed by atoms with Crippen LogP contribution in [-0.4, -0.2) is 17.4 Å². The molecule has 0 saturated heterocycles. The number of non-ortho nitro benzene ring substituents is 1. The highest BCUT2D eigenvalue weighted by atomic mass is 79.9. The molecule has 176 valence electrons. The summed E-state index contributed by atoms with van der Waals surface area (Å²) < 4.78 is 39.4. The summed E-state index contributed by atoms with van der Waals surface area (Å²) in [6, 6.07) is 12.4. The van der Waals surface area contributed by atoms with Crippen LogP contribution in [0.25, 0.3) is 0 Å². The lowest BCUT2D eigenvalue weighted by Crippen LogP contribution is -2.25. The summed E-state index contributed by atoms with van der Waals surface area (Å²) in [6.07, 6.45) is -3.05. The fourth-order valence-corrected chi connectivity index (χ4v) is 4.54. The van der Waals surface area contributed by atoms with Crippen molar-refractivity contribution in [3.05, 3.63) is 90.9 Å². The summed E-state index contributed by atoms with van der Waals surface area (Å²) >= 11 is 9.44. The van der Waals surface area contributed by atoms with Crippen LogP contribution in [0.1, 0.15) is 27.9 Å². The summed E-state index contributed by atoms with van der Waals surface area (Å²) in [5.41, 5.74) is 1.72. The number of alkyl halides is 3. The van der Waals surface area contributed by atoms with E-state index in [1.54, 1.807) is 18.2 Å². The van der Waals surface area contributed by atoms with Crippen LogP contribution in [0.3, 0.4) is 0 Å². The van der Waals surface area contributed by atoms with Crippen LogP contribution < -0.4 is 10.2 Å². The molecule has 34 heavy (non-hydrogen) atoms. The first kappa shape index (κ1) is 24.0. The summed E-state index contributed by atoms with van der Waals surface area (Å²) in [7, 11) is 0. The molecule has 1 aliphatic heterocycles. The summed E-state index contributed by atoms with van der Waals surface area (Å²) in [4.78, 5) is 25.0. The minimum absolute atomic E-state index is 0.00410. The third-order valence-electron chi connectivity index (χ3n) is 5.43. The van der Waals surface area contributed by atoms with Crippen molar-refractivity contribution in [3.63, 3.8) is 0 Å². The highest BCUT2D eigenvalue weighted by molar-refractivity contribution is 9.10. The zero-order valence-electron chi connectivity index (χ0n) is 17.3. The number of hydrogen-bond acceptors (Lipinski definition) is 4. The molecule has 0 spiro atoms. The van der Waals surface area contributed by atoms with Crippen molar-refractivity contribution in [3.8, 4) is 0 Å². The van der Waals surface area contributed by atoms with Gasteiger partial charge in [0, 0.05) is 34.5 Å². The van der Waals surface area contributed by atoms with Crippen LogP contribution in [0.15, 0.2) is 59.1 Å². The number of nitrogens with one attached hydrogen (secondary N) is 1. The lowest BCUT2D eigenvalue weighted by molar-refractivity contribution is -0.384. The Morgan fingerprint density at radius 2 is 1.82 bits per heavy atom. The van der Waals surface area contributed by atoms with Gasteiger partial charge in [-0.2, -0.15) is 13.2 Å². The van der Waals surface area contributed by atoms with Gasteiger partial charge in [0.05, 0.1) is 26.8 Å². The van der Waals surface area contributed by atoms with Gasteiger partial charge >= 0.3 is 6.18 Å². The standard InChI is InChI=1S/C23H16BrClF3N3O3/c24-18-6-5-16(31(33)34)12-17(18)22(32)29-15-4-8-20-13(10-15)2-1-9-30(20)21-7-3-14(11-19(21)25)23(26,27)28/h3-8,10-12H,1-2,9H2,(H,29,32). The number of fused-ring (bicyclic) bond motifs is 1. The van der Waals surface area contributed by atoms with E-state index in [2.05, 4.69) is 21.2 Å². The number of halogens is 5. The molecule has 0 fully saturated rings. The average Bonchev–Trinajstić information content (AvgIpc) is 2.78. The quantitative estimate of drug-likeness (QED) is 0.270. The largest absolute Gasteiger partial charge is 0.416 e. The minimum Gasteiger partial charge on any atom is -0.340 e. The molecular formula is C23H16BrClF3N3O3. The molecule has 0 atom stereocenters. The first-order valence-corrected chi connectivity index (χ1v) is 11.2.